The Morgan fingerprint density at radius 2 is 1.81 bits per heavy atom. The smallest absolute Gasteiger partial charge is 0.191 e. The van der Waals surface area contributed by atoms with Crippen LogP contribution in [0.25, 0.3) is 0 Å². The minimum Gasteiger partial charge on any atom is -0.497 e. The number of guanidine groups is 1. The van der Waals surface area contributed by atoms with Crippen LogP contribution < -0.4 is 20.1 Å². The number of nitrogens with zero attached hydrogens (tertiary/aromatic N) is 3. The first-order chi connectivity index (χ1) is 15.0. The molecule has 2 aliphatic rings. The molecule has 7 heteroatoms. The molecular formula is C24H41N5O2. The van der Waals surface area contributed by atoms with Gasteiger partial charge in [-0.15, -0.1) is 0 Å². The van der Waals surface area contributed by atoms with E-state index >= 15 is 0 Å². The summed E-state index contributed by atoms with van der Waals surface area (Å²) in [5, 5.41) is 7.07. The van der Waals surface area contributed by atoms with E-state index in [9.17, 15) is 0 Å². The van der Waals surface area contributed by atoms with Gasteiger partial charge in [-0.2, -0.15) is 0 Å². The quantitative estimate of drug-likeness (QED) is 0.487. The molecule has 0 aromatic heterocycles. The summed E-state index contributed by atoms with van der Waals surface area (Å²) in [6, 6.07) is 7.72. The Labute approximate surface area is 188 Å². The van der Waals surface area contributed by atoms with Gasteiger partial charge >= 0.3 is 0 Å². The van der Waals surface area contributed by atoms with Crippen molar-refractivity contribution in [2.75, 3.05) is 60.5 Å². The van der Waals surface area contributed by atoms with Crippen LogP contribution in [-0.4, -0.2) is 87.9 Å². The summed E-state index contributed by atoms with van der Waals surface area (Å²) in [5.74, 6) is 2.46. The Morgan fingerprint density at radius 3 is 2.48 bits per heavy atom. The first-order valence-electron chi connectivity index (χ1n) is 11.7. The highest BCUT2D eigenvalue weighted by atomic mass is 16.5. The van der Waals surface area contributed by atoms with Crippen LogP contribution in [0.15, 0.2) is 29.3 Å². The second-order valence-electron chi connectivity index (χ2n) is 8.99. The highest BCUT2D eigenvalue weighted by molar-refractivity contribution is 5.79. The van der Waals surface area contributed by atoms with Crippen molar-refractivity contribution in [2.45, 2.75) is 50.7 Å². The van der Waals surface area contributed by atoms with Crippen LogP contribution in [0.3, 0.4) is 0 Å². The molecule has 0 amide bonds. The van der Waals surface area contributed by atoms with E-state index in [1.165, 1.54) is 45.2 Å². The fourth-order valence-corrected chi connectivity index (χ4v) is 4.67. The van der Waals surface area contributed by atoms with E-state index in [1.54, 1.807) is 7.11 Å². The van der Waals surface area contributed by atoms with E-state index in [4.69, 9.17) is 9.47 Å². The Kier molecular flexibility index (Phi) is 8.84. The van der Waals surface area contributed by atoms with Gasteiger partial charge in [0, 0.05) is 25.2 Å². The normalized spacial score (nSPS) is 21.4. The number of methoxy groups -OCH3 is 1. The van der Waals surface area contributed by atoms with Crippen molar-refractivity contribution in [2.24, 2.45) is 4.99 Å². The SMILES string of the molecule is CN=C(NCC(C)Oc1cccc(OC)c1)NCC1(N2CCCCC2)CCN(C)CC1. The average Bonchev–Trinajstić information content (AvgIpc) is 2.81. The summed E-state index contributed by atoms with van der Waals surface area (Å²) >= 11 is 0. The van der Waals surface area contributed by atoms with Crippen molar-refractivity contribution in [3.8, 4) is 11.5 Å². The number of aliphatic imine (C=N–C) groups is 1. The van der Waals surface area contributed by atoms with Gasteiger partial charge in [-0.25, -0.2) is 0 Å². The molecule has 0 saturated carbocycles. The number of hydrogen-bond acceptors (Lipinski definition) is 5. The van der Waals surface area contributed by atoms with Crippen LogP contribution >= 0.6 is 0 Å². The maximum Gasteiger partial charge on any atom is 0.191 e. The van der Waals surface area contributed by atoms with Gasteiger partial charge in [0.1, 0.15) is 17.6 Å². The van der Waals surface area contributed by atoms with Gasteiger partial charge < -0.3 is 25.0 Å². The minimum absolute atomic E-state index is 0.00467. The van der Waals surface area contributed by atoms with Crippen LogP contribution in [-0.2, 0) is 0 Å². The average molecular weight is 432 g/mol. The highest BCUT2D eigenvalue weighted by Gasteiger charge is 2.39. The van der Waals surface area contributed by atoms with Gasteiger partial charge in [0.25, 0.3) is 0 Å². The lowest BCUT2D eigenvalue weighted by atomic mass is 9.84. The van der Waals surface area contributed by atoms with Crippen LogP contribution in [0.1, 0.15) is 39.0 Å². The number of benzene rings is 1. The zero-order valence-corrected chi connectivity index (χ0v) is 19.8. The lowest BCUT2D eigenvalue weighted by molar-refractivity contribution is 0.0173. The molecule has 2 aliphatic heterocycles. The van der Waals surface area contributed by atoms with Crippen molar-refractivity contribution in [1.82, 2.24) is 20.4 Å². The fraction of sp³-hybridized carbons (Fsp3) is 0.708. The largest absolute Gasteiger partial charge is 0.497 e. The summed E-state index contributed by atoms with van der Waals surface area (Å²) in [7, 11) is 5.74. The highest BCUT2D eigenvalue weighted by Crippen LogP contribution is 2.30. The molecule has 1 aromatic carbocycles. The Hall–Kier alpha value is -1.99. The predicted octanol–water partition coefficient (Wildman–Crippen LogP) is 2.58. The number of ether oxygens (including phenoxy) is 2. The number of rotatable bonds is 8. The van der Waals surface area contributed by atoms with Gasteiger partial charge in [0.05, 0.1) is 13.7 Å². The lowest BCUT2D eigenvalue weighted by Crippen LogP contribution is -2.62. The van der Waals surface area contributed by atoms with Gasteiger partial charge in [0.15, 0.2) is 5.96 Å². The third-order valence-corrected chi connectivity index (χ3v) is 6.69. The molecule has 2 fully saturated rings. The molecular weight excluding hydrogens is 390 g/mol. The summed E-state index contributed by atoms with van der Waals surface area (Å²) in [5.41, 5.74) is 0.229. The van der Waals surface area contributed by atoms with Crippen molar-refractivity contribution in [3.63, 3.8) is 0 Å². The number of piperidine rings is 2. The van der Waals surface area contributed by atoms with E-state index in [1.807, 2.05) is 31.3 Å². The lowest BCUT2D eigenvalue weighted by Gasteiger charge is -2.50. The van der Waals surface area contributed by atoms with Crippen molar-refractivity contribution in [3.05, 3.63) is 24.3 Å². The summed E-state index contributed by atoms with van der Waals surface area (Å²) in [4.78, 5) is 9.66. The van der Waals surface area contributed by atoms with Crippen LogP contribution in [0.5, 0.6) is 11.5 Å². The number of hydrogen-bond donors (Lipinski definition) is 2. The van der Waals surface area contributed by atoms with Crippen LogP contribution in [0, 0.1) is 0 Å². The van der Waals surface area contributed by atoms with Gasteiger partial charge in [0.2, 0.25) is 0 Å². The number of nitrogens with one attached hydrogen (secondary N) is 2. The molecule has 1 unspecified atom stereocenters. The molecule has 31 heavy (non-hydrogen) atoms. The minimum atomic E-state index is 0.00467. The third kappa shape index (κ3) is 6.74. The van der Waals surface area contributed by atoms with Gasteiger partial charge in [-0.1, -0.05) is 12.5 Å². The van der Waals surface area contributed by atoms with Crippen molar-refractivity contribution < 1.29 is 9.47 Å². The van der Waals surface area contributed by atoms with Gasteiger partial charge in [-0.3, -0.25) is 9.89 Å². The van der Waals surface area contributed by atoms with Crippen molar-refractivity contribution >= 4 is 5.96 Å². The molecule has 0 spiro atoms. The fourth-order valence-electron chi connectivity index (χ4n) is 4.67. The third-order valence-electron chi connectivity index (χ3n) is 6.69. The maximum atomic E-state index is 6.03. The standard InChI is InChI=1S/C24H41N5O2/c1-20(31-22-10-8-9-21(17-22)30-4)18-26-23(25-2)27-19-24(11-15-28(3)16-12-24)29-13-6-5-7-14-29/h8-10,17,20H,5-7,11-16,18-19H2,1-4H3,(H2,25,26,27). The van der Waals surface area contributed by atoms with Crippen LogP contribution in [0.2, 0.25) is 0 Å². The zero-order chi connectivity index (χ0) is 22.1. The molecule has 1 atom stereocenters. The molecule has 2 N–H and O–H groups in total. The molecule has 174 valence electrons. The molecule has 1 aromatic rings. The molecule has 2 saturated heterocycles. The summed E-state index contributed by atoms with van der Waals surface area (Å²) < 4.78 is 11.3. The van der Waals surface area contributed by atoms with Crippen molar-refractivity contribution in [1.29, 1.82) is 0 Å². The maximum absolute atomic E-state index is 6.03. The summed E-state index contributed by atoms with van der Waals surface area (Å²) in [6.45, 7) is 8.45. The molecule has 3 rings (SSSR count). The van der Waals surface area contributed by atoms with E-state index in [0.717, 1.165) is 37.1 Å². The molecule has 7 nitrogen and oxygen atoms in total. The molecule has 0 radical (unpaired) electrons. The Balaban J connectivity index is 1.51. The first kappa shape index (κ1) is 23.7. The molecule has 0 bridgehead atoms. The topological polar surface area (TPSA) is 61.4 Å². The van der Waals surface area contributed by atoms with E-state index in [2.05, 4.69) is 39.4 Å². The first-order valence-corrected chi connectivity index (χ1v) is 11.7. The summed E-state index contributed by atoms with van der Waals surface area (Å²) in [6.07, 6.45) is 6.44. The van der Waals surface area contributed by atoms with E-state index in [0.29, 0.717) is 6.54 Å². The van der Waals surface area contributed by atoms with Crippen LogP contribution in [0.4, 0.5) is 0 Å². The van der Waals surface area contributed by atoms with E-state index < -0.39 is 0 Å². The monoisotopic (exact) mass is 431 g/mol. The predicted molar refractivity (Wildman–Crippen MR) is 127 cm³/mol. The zero-order valence-electron chi connectivity index (χ0n) is 19.8. The Morgan fingerprint density at radius 1 is 1.10 bits per heavy atom. The van der Waals surface area contributed by atoms with Gasteiger partial charge in [-0.05, 0) is 78.0 Å². The number of likely N-dealkylation sites (tertiary alicyclic amines) is 2. The molecule has 2 heterocycles. The van der Waals surface area contributed by atoms with E-state index in [-0.39, 0.29) is 11.6 Å². The second kappa shape index (κ2) is 11.6. The second-order valence-corrected chi connectivity index (χ2v) is 8.99. The Bertz CT molecular complexity index is 697. The molecule has 0 aliphatic carbocycles.